The molecule has 0 saturated heterocycles. The lowest BCUT2D eigenvalue weighted by Gasteiger charge is -2.08. The summed E-state index contributed by atoms with van der Waals surface area (Å²) in [6.07, 6.45) is 6.59. The fraction of sp³-hybridized carbons (Fsp3) is 0.294. The maximum Gasteiger partial charge on any atom is 0.226 e. The van der Waals surface area contributed by atoms with Gasteiger partial charge in [0.25, 0.3) is 0 Å². The molecule has 0 aliphatic rings. The fourth-order valence-electron chi connectivity index (χ4n) is 2.61. The van der Waals surface area contributed by atoms with Crippen LogP contribution < -0.4 is 5.32 Å². The highest BCUT2D eigenvalue weighted by molar-refractivity contribution is 5.88. The first-order valence-corrected chi connectivity index (χ1v) is 8.40. The first-order valence-electron chi connectivity index (χ1n) is 8.40. The summed E-state index contributed by atoms with van der Waals surface area (Å²) in [7, 11) is 1.86. The minimum atomic E-state index is 0.601. The van der Waals surface area contributed by atoms with E-state index < -0.39 is 0 Å². The van der Waals surface area contributed by atoms with Crippen molar-refractivity contribution in [2.45, 2.75) is 19.8 Å². The van der Waals surface area contributed by atoms with Crippen molar-refractivity contribution in [2.24, 2.45) is 7.05 Å². The van der Waals surface area contributed by atoms with Crippen molar-refractivity contribution in [3.63, 3.8) is 0 Å². The van der Waals surface area contributed by atoms with Gasteiger partial charge in [-0.15, -0.1) is 0 Å². The maximum atomic E-state index is 5.13. The van der Waals surface area contributed by atoms with Gasteiger partial charge < -0.3 is 9.84 Å². The minimum absolute atomic E-state index is 0.601. The number of hydrogen-bond donors (Lipinski definition) is 1. The number of rotatable bonds is 6. The number of fused-ring (bicyclic) bond motifs is 1. The summed E-state index contributed by atoms with van der Waals surface area (Å²) in [5.41, 5.74) is 1.61. The Kier molecular flexibility index (Phi) is 4.26. The number of anilines is 1. The summed E-state index contributed by atoms with van der Waals surface area (Å²) in [5, 5.41) is 12.5. The van der Waals surface area contributed by atoms with Crippen LogP contribution in [0.25, 0.3) is 22.4 Å². The number of nitrogens with one attached hydrogen (secondary N) is 1. The van der Waals surface area contributed by atoms with Crippen molar-refractivity contribution in [3.8, 4) is 11.4 Å². The smallest absolute Gasteiger partial charge is 0.226 e. The van der Waals surface area contributed by atoms with Crippen LogP contribution in [0.1, 0.15) is 18.6 Å². The highest BCUT2D eigenvalue weighted by Crippen LogP contribution is 2.24. The Balaban J connectivity index is 1.61. The third kappa shape index (κ3) is 3.10. The second-order valence-corrected chi connectivity index (χ2v) is 5.78. The SMILES string of the molecule is CCc1nc(CCNc2nc(-c3cccnc3)nc3c2cnn3C)no1. The molecule has 1 N–H and O–H groups in total. The van der Waals surface area contributed by atoms with E-state index in [4.69, 9.17) is 4.52 Å². The Bertz CT molecular complexity index is 1020. The van der Waals surface area contributed by atoms with Gasteiger partial charge in [0.15, 0.2) is 17.3 Å². The first kappa shape index (κ1) is 16.1. The van der Waals surface area contributed by atoms with Crippen LogP contribution in [0.3, 0.4) is 0 Å². The van der Waals surface area contributed by atoms with E-state index in [0.29, 0.717) is 30.5 Å². The van der Waals surface area contributed by atoms with Gasteiger partial charge in [-0.25, -0.2) is 9.97 Å². The third-order valence-corrected chi connectivity index (χ3v) is 3.97. The first-order chi connectivity index (χ1) is 12.7. The molecule has 0 bridgehead atoms. The lowest BCUT2D eigenvalue weighted by atomic mass is 10.2. The Morgan fingerprint density at radius 3 is 2.88 bits per heavy atom. The second kappa shape index (κ2) is 6.87. The third-order valence-electron chi connectivity index (χ3n) is 3.97. The molecule has 0 amide bonds. The molecule has 0 radical (unpaired) electrons. The van der Waals surface area contributed by atoms with Crippen LogP contribution in [0.2, 0.25) is 0 Å². The summed E-state index contributed by atoms with van der Waals surface area (Å²) in [5.74, 6) is 2.65. The molecule has 0 fully saturated rings. The van der Waals surface area contributed by atoms with Gasteiger partial charge in [-0.1, -0.05) is 12.1 Å². The van der Waals surface area contributed by atoms with Crippen molar-refractivity contribution in [2.75, 3.05) is 11.9 Å². The standard InChI is InChI=1S/C17H18N8O/c1-3-14-21-13(24-26-14)6-8-19-16-12-10-20-25(2)17(12)23-15(22-16)11-5-4-7-18-9-11/h4-5,7,9-10H,3,6,8H2,1-2H3,(H,19,22,23). The molecule has 9 nitrogen and oxygen atoms in total. The lowest BCUT2D eigenvalue weighted by Crippen LogP contribution is -2.09. The van der Waals surface area contributed by atoms with Crippen LogP contribution in [0.4, 0.5) is 5.82 Å². The molecule has 132 valence electrons. The van der Waals surface area contributed by atoms with E-state index in [2.05, 4.69) is 35.5 Å². The molecule has 0 aliphatic carbocycles. The number of hydrogen-bond acceptors (Lipinski definition) is 8. The Morgan fingerprint density at radius 1 is 1.19 bits per heavy atom. The van der Waals surface area contributed by atoms with E-state index in [-0.39, 0.29) is 0 Å². The van der Waals surface area contributed by atoms with Crippen molar-refractivity contribution in [1.82, 2.24) is 34.9 Å². The van der Waals surface area contributed by atoms with Gasteiger partial charge in [0.05, 0.1) is 11.6 Å². The van der Waals surface area contributed by atoms with E-state index in [9.17, 15) is 0 Å². The Hall–Kier alpha value is -3.36. The summed E-state index contributed by atoms with van der Waals surface area (Å²) in [6.45, 7) is 2.60. The largest absolute Gasteiger partial charge is 0.369 e. The zero-order chi connectivity index (χ0) is 17.9. The summed E-state index contributed by atoms with van der Waals surface area (Å²) < 4.78 is 6.86. The molecule has 0 spiro atoms. The molecule has 4 rings (SSSR count). The van der Waals surface area contributed by atoms with E-state index in [1.54, 1.807) is 23.3 Å². The maximum absolute atomic E-state index is 5.13. The molecule has 9 heteroatoms. The van der Waals surface area contributed by atoms with Crippen LogP contribution in [-0.4, -0.2) is 41.4 Å². The highest BCUT2D eigenvalue weighted by atomic mass is 16.5. The topological polar surface area (TPSA) is 107 Å². The van der Waals surface area contributed by atoms with E-state index >= 15 is 0 Å². The molecule has 4 heterocycles. The zero-order valence-electron chi connectivity index (χ0n) is 14.5. The number of nitrogens with zero attached hydrogens (tertiary/aromatic N) is 7. The van der Waals surface area contributed by atoms with Crippen LogP contribution in [0, 0.1) is 0 Å². The van der Waals surface area contributed by atoms with Gasteiger partial charge >= 0.3 is 0 Å². The van der Waals surface area contributed by atoms with Crippen molar-refractivity contribution >= 4 is 16.9 Å². The predicted molar refractivity (Wildman–Crippen MR) is 95.4 cm³/mol. The number of aryl methyl sites for hydroxylation is 2. The molecule has 0 aliphatic heterocycles. The van der Waals surface area contributed by atoms with Crippen LogP contribution >= 0.6 is 0 Å². The summed E-state index contributed by atoms with van der Waals surface area (Å²) in [6, 6.07) is 3.79. The van der Waals surface area contributed by atoms with Crippen molar-refractivity contribution in [1.29, 1.82) is 0 Å². The molecule has 26 heavy (non-hydrogen) atoms. The van der Waals surface area contributed by atoms with E-state index in [1.807, 2.05) is 26.1 Å². The molecule has 0 saturated carbocycles. The van der Waals surface area contributed by atoms with Gasteiger partial charge in [-0.05, 0) is 12.1 Å². The second-order valence-electron chi connectivity index (χ2n) is 5.78. The van der Waals surface area contributed by atoms with Crippen LogP contribution in [0.5, 0.6) is 0 Å². The molecular formula is C17H18N8O. The normalized spacial score (nSPS) is 11.2. The monoisotopic (exact) mass is 350 g/mol. The molecule has 4 aromatic rings. The Labute approximate surface area is 149 Å². The summed E-state index contributed by atoms with van der Waals surface area (Å²) >= 11 is 0. The molecule has 0 aromatic carbocycles. The van der Waals surface area contributed by atoms with Gasteiger partial charge in [-0.3, -0.25) is 9.67 Å². The van der Waals surface area contributed by atoms with E-state index in [1.165, 1.54) is 0 Å². The van der Waals surface area contributed by atoms with E-state index in [0.717, 1.165) is 28.8 Å². The van der Waals surface area contributed by atoms with Gasteiger partial charge in [0.1, 0.15) is 5.82 Å². The highest BCUT2D eigenvalue weighted by Gasteiger charge is 2.13. The number of pyridine rings is 1. The lowest BCUT2D eigenvalue weighted by molar-refractivity contribution is 0.377. The molecular weight excluding hydrogens is 332 g/mol. The van der Waals surface area contributed by atoms with Crippen LogP contribution in [0.15, 0.2) is 35.2 Å². The zero-order valence-corrected chi connectivity index (χ0v) is 14.5. The molecule has 4 aromatic heterocycles. The van der Waals surface area contributed by atoms with Gasteiger partial charge in [0, 0.05) is 44.4 Å². The Morgan fingerprint density at radius 2 is 2.12 bits per heavy atom. The van der Waals surface area contributed by atoms with Crippen LogP contribution in [-0.2, 0) is 19.9 Å². The summed E-state index contributed by atoms with van der Waals surface area (Å²) in [4.78, 5) is 17.7. The van der Waals surface area contributed by atoms with Crippen molar-refractivity contribution in [3.05, 3.63) is 42.4 Å². The quantitative estimate of drug-likeness (QED) is 0.563. The fourth-order valence-corrected chi connectivity index (χ4v) is 2.61. The van der Waals surface area contributed by atoms with Gasteiger partial charge in [0.2, 0.25) is 5.89 Å². The average molecular weight is 350 g/mol. The molecule has 0 atom stereocenters. The molecule has 0 unspecified atom stereocenters. The average Bonchev–Trinajstić information content (AvgIpc) is 3.29. The number of aromatic nitrogens is 7. The van der Waals surface area contributed by atoms with Crippen molar-refractivity contribution < 1.29 is 4.52 Å². The minimum Gasteiger partial charge on any atom is -0.369 e. The van der Waals surface area contributed by atoms with Gasteiger partial charge in [-0.2, -0.15) is 10.1 Å². The predicted octanol–water partition coefficient (Wildman–Crippen LogP) is 2.03.